The monoisotopic (exact) mass is 268 g/mol. The van der Waals surface area contributed by atoms with Crippen LogP contribution in [0.2, 0.25) is 0 Å². The number of hydrazine groups is 1. The Kier molecular flexibility index (Phi) is 4.13. The number of aromatic nitrogens is 2. The highest BCUT2D eigenvalue weighted by molar-refractivity contribution is 5.64. The fraction of sp³-hybridized carbons (Fsp3) is 0.214. The number of anilines is 3. The SMILES string of the molecule is CCc1nc(NN)cc(Nc2cc(C#N)ccc2C)n1. The lowest BCUT2D eigenvalue weighted by Crippen LogP contribution is -2.11. The van der Waals surface area contributed by atoms with Gasteiger partial charge < -0.3 is 10.7 Å². The zero-order valence-electron chi connectivity index (χ0n) is 11.4. The molecule has 102 valence electrons. The van der Waals surface area contributed by atoms with E-state index in [0.29, 0.717) is 29.4 Å². The molecule has 0 spiro atoms. The minimum absolute atomic E-state index is 0.549. The first-order valence-corrected chi connectivity index (χ1v) is 6.28. The van der Waals surface area contributed by atoms with E-state index in [1.165, 1.54) is 0 Å². The Morgan fingerprint density at radius 1 is 1.25 bits per heavy atom. The number of rotatable bonds is 4. The Balaban J connectivity index is 2.36. The van der Waals surface area contributed by atoms with Crippen molar-refractivity contribution < 1.29 is 0 Å². The summed E-state index contributed by atoms with van der Waals surface area (Å²) < 4.78 is 0. The lowest BCUT2D eigenvalue weighted by Gasteiger charge is -2.11. The van der Waals surface area contributed by atoms with Crippen molar-refractivity contribution in [2.45, 2.75) is 20.3 Å². The Morgan fingerprint density at radius 2 is 2.00 bits per heavy atom. The van der Waals surface area contributed by atoms with Crippen molar-refractivity contribution in [2.75, 3.05) is 10.7 Å². The van der Waals surface area contributed by atoms with E-state index in [1.54, 1.807) is 18.2 Å². The van der Waals surface area contributed by atoms with Crippen LogP contribution in [0.25, 0.3) is 0 Å². The fourth-order valence-corrected chi connectivity index (χ4v) is 1.76. The van der Waals surface area contributed by atoms with Crippen molar-refractivity contribution in [3.05, 3.63) is 41.2 Å². The van der Waals surface area contributed by atoms with Crippen LogP contribution in [0.5, 0.6) is 0 Å². The average molecular weight is 268 g/mol. The van der Waals surface area contributed by atoms with Crippen molar-refractivity contribution in [3.8, 4) is 6.07 Å². The number of nitrogens with two attached hydrogens (primary N) is 1. The highest BCUT2D eigenvalue weighted by Crippen LogP contribution is 2.22. The molecule has 0 bridgehead atoms. The summed E-state index contributed by atoms with van der Waals surface area (Å²) in [5.41, 5.74) is 4.99. The van der Waals surface area contributed by atoms with Gasteiger partial charge in [0.15, 0.2) is 0 Å². The summed E-state index contributed by atoms with van der Waals surface area (Å²) in [5.74, 6) is 7.28. The zero-order valence-corrected chi connectivity index (χ0v) is 11.4. The molecule has 0 saturated carbocycles. The molecule has 1 aromatic carbocycles. The largest absolute Gasteiger partial charge is 0.340 e. The zero-order chi connectivity index (χ0) is 14.5. The molecule has 0 fully saturated rings. The summed E-state index contributed by atoms with van der Waals surface area (Å²) in [7, 11) is 0. The van der Waals surface area contributed by atoms with Gasteiger partial charge in [0.25, 0.3) is 0 Å². The quantitative estimate of drug-likeness (QED) is 0.581. The molecule has 0 aliphatic carbocycles. The molecule has 6 nitrogen and oxygen atoms in total. The molecule has 6 heteroatoms. The van der Waals surface area contributed by atoms with Gasteiger partial charge in [0, 0.05) is 18.2 Å². The molecule has 2 aromatic rings. The van der Waals surface area contributed by atoms with Gasteiger partial charge in [0.05, 0.1) is 11.6 Å². The highest BCUT2D eigenvalue weighted by Gasteiger charge is 2.05. The molecule has 2 rings (SSSR count). The number of nitrogen functional groups attached to an aromatic ring is 1. The number of aryl methyl sites for hydroxylation is 2. The van der Waals surface area contributed by atoms with Crippen LogP contribution < -0.4 is 16.6 Å². The van der Waals surface area contributed by atoms with Crippen LogP contribution in [-0.4, -0.2) is 9.97 Å². The number of benzene rings is 1. The van der Waals surface area contributed by atoms with Crippen LogP contribution >= 0.6 is 0 Å². The Hall–Kier alpha value is -2.65. The maximum Gasteiger partial charge on any atom is 0.145 e. The van der Waals surface area contributed by atoms with E-state index in [-0.39, 0.29) is 0 Å². The predicted octanol–water partition coefficient (Wildman–Crippen LogP) is 2.25. The first-order chi connectivity index (χ1) is 9.66. The van der Waals surface area contributed by atoms with E-state index < -0.39 is 0 Å². The third-order valence-corrected chi connectivity index (χ3v) is 2.87. The van der Waals surface area contributed by atoms with Crippen LogP contribution in [0, 0.1) is 18.3 Å². The predicted molar refractivity (Wildman–Crippen MR) is 78.4 cm³/mol. The number of nitrogens with zero attached hydrogens (tertiary/aromatic N) is 3. The first-order valence-electron chi connectivity index (χ1n) is 6.28. The Morgan fingerprint density at radius 3 is 2.65 bits per heavy atom. The molecule has 0 aliphatic rings. The molecule has 0 radical (unpaired) electrons. The third-order valence-electron chi connectivity index (χ3n) is 2.87. The molecule has 0 amide bonds. The second kappa shape index (κ2) is 5.99. The van der Waals surface area contributed by atoms with Crippen LogP contribution in [0.3, 0.4) is 0 Å². The second-order valence-corrected chi connectivity index (χ2v) is 4.32. The van der Waals surface area contributed by atoms with Gasteiger partial charge in [-0.3, -0.25) is 0 Å². The van der Waals surface area contributed by atoms with Crippen LogP contribution in [0.15, 0.2) is 24.3 Å². The summed E-state index contributed by atoms with van der Waals surface area (Å²) >= 11 is 0. The molecule has 0 saturated heterocycles. The number of nitriles is 1. The van der Waals surface area contributed by atoms with Crippen molar-refractivity contribution in [3.63, 3.8) is 0 Å². The average Bonchev–Trinajstić information content (AvgIpc) is 2.49. The maximum absolute atomic E-state index is 8.95. The van der Waals surface area contributed by atoms with Crippen LogP contribution in [0.4, 0.5) is 17.3 Å². The number of hydrogen-bond acceptors (Lipinski definition) is 6. The van der Waals surface area contributed by atoms with E-state index in [1.807, 2.05) is 19.9 Å². The van der Waals surface area contributed by atoms with Gasteiger partial charge in [-0.1, -0.05) is 13.0 Å². The molecule has 1 aromatic heterocycles. The van der Waals surface area contributed by atoms with Gasteiger partial charge in [-0.05, 0) is 24.6 Å². The van der Waals surface area contributed by atoms with E-state index in [0.717, 1.165) is 11.3 Å². The Bertz CT molecular complexity index is 637. The molecule has 4 N–H and O–H groups in total. The smallest absolute Gasteiger partial charge is 0.145 e. The van der Waals surface area contributed by atoms with Crippen LogP contribution in [0.1, 0.15) is 23.9 Å². The minimum Gasteiger partial charge on any atom is -0.340 e. The number of nitrogens with one attached hydrogen (secondary N) is 2. The van der Waals surface area contributed by atoms with Crippen LogP contribution in [-0.2, 0) is 6.42 Å². The summed E-state index contributed by atoms with van der Waals surface area (Å²) in [4.78, 5) is 8.62. The number of hydrogen-bond donors (Lipinski definition) is 3. The standard InChI is InChI=1S/C14H16N6/c1-3-12-18-13(7-14(19-12)20-16)17-11-6-10(8-15)5-4-9(11)2/h4-7H,3,16H2,1-2H3,(H2,17,18,19,20). The molecular weight excluding hydrogens is 252 g/mol. The molecule has 1 heterocycles. The lowest BCUT2D eigenvalue weighted by molar-refractivity contribution is 0.941. The molecule has 0 unspecified atom stereocenters. The topological polar surface area (TPSA) is 99.6 Å². The molecule has 20 heavy (non-hydrogen) atoms. The minimum atomic E-state index is 0.549. The van der Waals surface area contributed by atoms with Gasteiger partial charge in [0.1, 0.15) is 17.5 Å². The van der Waals surface area contributed by atoms with E-state index in [2.05, 4.69) is 26.8 Å². The van der Waals surface area contributed by atoms with Gasteiger partial charge in [-0.15, -0.1) is 0 Å². The maximum atomic E-state index is 8.95. The summed E-state index contributed by atoms with van der Waals surface area (Å²) in [6, 6.07) is 9.31. The first kappa shape index (κ1) is 13.8. The van der Waals surface area contributed by atoms with Crippen molar-refractivity contribution in [1.82, 2.24) is 9.97 Å². The van der Waals surface area contributed by atoms with E-state index >= 15 is 0 Å². The summed E-state index contributed by atoms with van der Waals surface area (Å²) in [6.45, 7) is 3.94. The lowest BCUT2D eigenvalue weighted by atomic mass is 10.1. The Labute approximate surface area is 117 Å². The van der Waals surface area contributed by atoms with Crippen molar-refractivity contribution in [1.29, 1.82) is 5.26 Å². The van der Waals surface area contributed by atoms with Gasteiger partial charge in [-0.25, -0.2) is 15.8 Å². The molecule has 0 atom stereocenters. The van der Waals surface area contributed by atoms with E-state index in [4.69, 9.17) is 11.1 Å². The van der Waals surface area contributed by atoms with Gasteiger partial charge >= 0.3 is 0 Å². The highest BCUT2D eigenvalue weighted by atomic mass is 15.3. The molecular formula is C14H16N6. The third kappa shape index (κ3) is 3.02. The van der Waals surface area contributed by atoms with Crippen molar-refractivity contribution in [2.24, 2.45) is 5.84 Å². The summed E-state index contributed by atoms with van der Waals surface area (Å²) in [6.07, 6.45) is 0.710. The van der Waals surface area contributed by atoms with Gasteiger partial charge in [0.2, 0.25) is 0 Å². The molecule has 0 aliphatic heterocycles. The van der Waals surface area contributed by atoms with Crippen molar-refractivity contribution >= 4 is 17.3 Å². The second-order valence-electron chi connectivity index (χ2n) is 4.32. The summed E-state index contributed by atoms with van der Waals surface area (Å²) in [5, 5.41) is 12.2. The normalized spacial score (nSPS) is 9.90. The van der Waals surface area contributed by atoms with Gasteiger partial charge in [-0.2, -0.15) is 5.26 Å². The fourth-order valence-electron chi connectivity index (χ4n) is 1.76. The van der Waals surface area contributed by atoms with E-state index in [9.17, 15) is 0 Å².